The number of hydrogen-bond acceptors (Lipinski definition) is 3. The van der Waals surface area contributed by atoms with Crippen molar-refractivity contribution in [3.05, 3.63) is 29.6 Å². The number of phenols is 1. The first-order valence-corrected chi connectivity index (χ1v) is 6.39. The molecule has 0 aliphatic carbocycles. The molecule has 0 bridgehead atoms. The molecule has 100 valence electrons. The third-order valence-corrected chi connectivity index (χ3v) is 3.57. The number of hydrogen-bond donors (Lipinski definition) is 1. The average molecular weight is 252 g/mol. The molecule has 4 heteroatoms. The molecule has 0 saturated carbocycles. The largest absolute Gasteiger partial charge is 0.505 e. The first-order chi connectivity index (χ1) is 8.56. The van der Waals surface area contributed by atoms with Crippen LogP contribution in [0.4, 0.5) is 4.39 Å². The minimum absolute atomic E-state index is 0.215. The summed E-state index contributed by atoms with van der Waals surface area (Å²) in [7, 11) is 4.15. The minimum Gasteiger partial charge on any atom is -0.505 e. The zero-order valence-corrected chi connectivity index (χ0v) is 11.1. The standard InChI is InChI=1S/C14H21FN2O/c1-16-7-6-11(8-16)9-17(2)10-12-4-3-5-13(15)14(12)18/h3-5,11,18H,6-10H2,1-2H3. The fourth-order valence-corrected chi connectivity index (χ4v) is 2.66. The van der Waals surface area contributed by atoms with E-state index in [1.165, 1.54) is 12.5 Å². The molecule has 0 amide bonds. The summed E-state index contributed by atoms with van der Waals surface area (Å²) in [6.07, 6.45) is 1.22. The molecule has 1 saturated heterocycles. The summed E-state index contributed by atoms with van der Waals surface area (Å²) in [6.45, 7) is 3.85. The Bertz CT molecular complexity index is 411. The number of phenolic OH excluding ortho intramolecular Hbond substituents is 1. The third kappa shape index (κ3) is 3.21. The lowest BCUT2D eigenvalue weighted by Crippen LogP contribution is -2.27. The fourth-order valence-electron chi connectivity index (χ4n) is 2.66. The lowest BCUT2D eigenvalue weighted by atomic mass is 10.1. The predicted molar refractivity (Wildman–Crippen MR) is 70.0 cm³/mol. The summed E-state index contributed by atoms with van der Waals surface area (Å²) < 4.78 is 13.2. The number of halogens is 1. The van der Waals surface area contributed by atoms with Gasteiger partial charge in [-0.15, -0.1) is 0 Å². The molecule has 1 fully saturated rings. The zero-order chi connectivity index (χ0) is 13.1. The lowest BCUT2D eigenvalue weighted by molar-refractivity contribution is 0.263. The van der Waals surface area contributed by atoms with Crippen LogP contribution in [0.5, 0.6) is 5.75 Å². The van der Waals surface area contributed by atoms with E-state index in [0.717, 1.165) is 19.6 Å². The molecule has 1 aliphatic heterocycles. The topological polar surface area (TPSA) is 26.7 Å². The van der Waals surface area contributed by atoms with Gasteiger partial charge in [0.05, 0.1) is 0 Å². The molecule has 1 heterocycles. The maximum absolute atomic E-state index is 13.2. The van der Waals surface area contributed by atoms with E-state index >= 15 is 0 Å². The molecule has 0 radical (unpaired) electrons. The second kappa shape index (κ2) is 5.67. The van der Waals surface area contributed by atoms with Gasteiger partial charge in [0, 0.05) is 25.2 Å². The second-order valence-electron chi connectivity index (χ2n) is 5.36. The third-order valence-electron chi connectivity index (χ3n) is 3.57. The highest BCUT2D eigenvalue weighted by Gasteiger charge is 2.21. The maximum Gasteiger partial charge on any atom is 0.165 e. The SMILES string of the molecule is CN1CCC(CN(C)Cc2cccc(F)c2O)C1. The van der Waals surface area contributed by atoms with Gasteiger partial charge in [0.2, 0.25) is 0 Å². The van der Waals surface area contributed by atoms with Gasteiger partial charge >= 0.3 is 0 Å². The molecule has 1 unspecified atom stereocenters. The van der Waals surface area contributed by atoms with Crippen molar-refractivity contribution in [2.75, 3.05) is 33.7 Å². The summed E-state index contributed by atoms with van der Waals surface area (Å²) >= 11 is 0. The van der Waals surface area contributed by atoms with E-state index in [1.54, 1.807) is 12.1 Å². The molecule has 1 aromatic rings. The highest BCUT2D eigenvalue weighted by molar-refractivity contribution is 5.33. The van der Waals surface area contributed by atoms with Crippen LogP contribution in [-0.2, 0) is 6.54 Å². The van der Waals surface area contributed by atoms with Gasteiger partial charge in [-0.05, 0) is 39.0 Å². The maximum atomic E-state index is 13.2. The van der Waals surface area contributed by atoms with E-state index in [9.17, 15) is 9.50 Å². The summed E-state index contributed by atoms with van der Waals surface area (Å²) in [6, 6.07) is 4.70. The molecule has 18 heavy (non-hydrogen) atoms. The van der Waals surface area contributed by atoms with Gasteiger partial charge in [0.25, 0.3) is 0 Å². The van der Waals surface area contributed by atoms with Crippen molar-refractivity contribution in [2.45, 2.75) is 13.0 Å². The van der Waals surface area contributed by atoms with E-state index in [2.05, 4.69) is 16.8 Å². The van der Waals surface area contributed by atoms with Crippen molar-refractivity contribution in [3.63, 3.8) is 0 Å². The van der Waals surface area contributed by atoms with Crippen molar-refractivity contribution in [1.82, 2.24) is 9.80 Å². The number of likely N-dealkylation sites (tertiary alicyclic amines) is 1. The first-order valence-electron chi connectivity index (χ1n) is 6.39. The van der Waals surface area contributed by atoms with Crippen LogP contribution in [0.15, 0.2) is 18.2 Å². The van der Waals surface area contributed by atoms with Gasteiger partial charge in [-0.2, -0.15) is 0 Å². The van der Waals surface area contributed by atoms with Crippen molar-refractivity contribution in [3.8, 4) is 5.75 Å². The van der Waals surface area contributed by atoms with Crippen LogP contribution in [0.2, 0.25) is 0 Å². The molecule has 2 rings (SSSR count). The summed E-state index contributed by atoms with van der Waals surface area (Å²) in [4.78, 5) is 4.48. The number of rotatable bonds is 4. The van der Waals surface area contributed by atoms with Crippen LogP contribution in [0.3, 0.4) is 0 Å². The Balaban J connectivity index is 1.90. The van der Waals surface area contributed by atoms with Gasteiger partial charge in [0.1, 0.15) is 0 Å². The van der Waals surface area contributed by atoms with E-state index in [-0.39, 0.29) is 5.75 Å². The van der Waals surface area contributed by atoms with Gasteiger partial charge in [-0.3, -0.25) is 0 Å². The molecular formula is C14H21FN2O. The average Bonchev–Trinajstić information content (AvgIpc) is 2.70. The smallest absolute Gasteiger partial charge is 0.165 e. The van der Waals surface area contributed by atoms with Crippen molar-refractivity contribution >= 4 is 0 Å². The number of aromatic hydroxyl groups is 1. The van der Waals surface area contributed by atoms with Crippen LogP contribution in [-0.4, -0.2) is 48.6 Å². The Morgan fingerprint density at radius 1 is 1.50 bits per heavy atom. The second-order valence-corrected chi connectivity index (χ2v) is 5.36. The Morgan fingerprint density at radius 3 is 2.94 bits per heavy atom. The summed E-state index contributed by atoms with van der Waals surface area (Å²) in [5, 5.41) is 9.64. The molecule has 1 atom stereocenters. The minimum atomic E-state index is -0.540. The first kappa shape index (κ1) is 13.3. The highest BCUT2D eigenvalue weighted by Crippen LogP contribution is 2.23. The number of nitrogens with zero attached hydrogens (tertiary/aromatic N) is 2. The molecule has 1 N–H and O–H groups in total. The van der Waals surface area contributed by atoms with E-state index in [1.807, 2.05) is 7.05 Å². The van der Waals surface area contributed by atoms with Gasteiger partial charge in [-0.1, -0.05) is 12.1 Å². The number of para-hydroxylation sites is 1. The van der Waals surface area contributed by atoms with Crippen LogP contribution >= 0.6 is 0 Å². The van der Waals surface area contributed by atoms with E-state index < -0.39 is 5.82 Å². The monoisotopic (exact) mass is 252 g/mol. The fraction of sp³-hybridized carbons (Fsp3) is 0.571. The zero-order valence-electron chi connectivity index (χ0n) is 11.1. The van der Waals surface area contributed by atoms with Crippen LogP contribution < -0.4 is 0 Å². The van der Waals surface area contributed by atoms with Crippen LogP contribution in [0.1, 0.15) is 12.0 Å². The Hall–Kier alpha value is -1.13. The number of benzene rings is 1. The van der Waals surface area contributed by atoms with Crippen LogP contribution in [0.25, 0.3) is 0 Å². The summed E-state index contributed by atoms with van der Waals surface area (Å²) in [5.41, 5.74) is 0.656. The van der Waals surface area contributed by atoms with Crippen molar-refractivity contribution < 1.29 is 9.50 Å². The van der Waals surface area contributed by atoms with Gasteiger partial charge < -0.3 is 14.9 Å². The molecule has 3 nitrogen and oxygen atoms in total. The van der Waals surface area contributed by atoms with E-state index in [0.29, 0.717) is 18.0 Å². The molecule has 0 spiro atoms. The molecular weight excluding hydrogens is 231 g/mol. The normalized spacial score (nSPS) is 20.8. The Labute approximate surface area is 108 Å². The Morgan fingerprint density at radius 2 is 2.28 bits per heavy atom. The summed E-state index contributed by atoms with van der Waals surface area (Å²) in [5.74, 6) is -0.0786. The molecule has 1 aromatic carbocycles. The molecule has 1 aliphatic rings. The predicted octanol–water partition coefficient (Wildman–Crippen LogP) is 1.91. The highest BCUT2D eigenvalue weighted by atomic mass is 19.1. The molecule has 0 aromatic heterocycles. The van der Waals surface area contributed by atoms with Gasteiger partial charge in [-0.25, -0.2) is 4.39 Å². The lowest BCUT2D eigenvalue weighted by Gasteiger charge is -2.21. The Kier molecular flexibility index (Phi) is 4.19. The van der Waals surface area contributed by atoms with Crippen molar-refractivity contribution in [2.24, 2.45) is 5.92 Å². The van der Waals surface area contributed by atoms with Gasteiger partial charge in [0.15, 0.2) is 11.6 Å². The van der Waals surface area contributed by atoms with Crippen molar-refractivity contribution in [1.29, 1.82) is 0 Å². The quantitative estimate of drug-likeness (QED) is 0.887. The van der Waals surface area contributed by atoms with Crippen LogP contribution in [0, 0.1) is 11.7 Å². The van der Waals surface area contributed by atoms with E-state index in [4.69, 9.17) is 0 Å².